The maximum Gasteiger partial charge on any atom is 0.256 e. The van der Waals surface area contributed by atoms with Gasteiger partial charge < -0.3 is 9.47 Å². The van der Waals surface area contributed by atoms with Crippen LogP contribution in [-0.2, 0) is 13.0 Å². The second kappa shape index (κ2) is 14.4. The summed E-state index contributed by atoms with van der Waals surface area (Å²) in [5.74, 6) is -2.79. The Labute approximate surface area is 308 Å². The molecule has 10 heteroatoms. The number of likely N-dealkylation sites (tertiary alicyclic amines) is 1. The van der Waals surface area contributed by atoms with Gasteiger partial charge in [0.05, 0.1) is 44.4 Å². The van der Waals surface area contributed by atoms with Gasteiger partial charge >= 0.3 is 0 Å². The summed E-state index contributed by atoms with van der Waals surface area (Å²) < 4.78 is 32.1. The number of amides is 1. The lowest BCUT2D eigenvalue weighted by Gasteiger charge is -2.18. The highest BCUT2D eigenvalue weighted by molar-refractivity contribution is 6.31. The van der Waals surface area contributed by atoms with Crippen LogP contribution in [-0.4, -0.2) is 34.2 Å². The normalized spacial score (nSPS) is 14.0. The van der Waals surface area contributed by atoms with E-state index < -0.39 is 23.3 Å². The van der Waals surface area contributed by atoms with Crippen LogP contribution in [0.15, 0.2) is 103 Å². The molecule has 2 heterocycles. The van der Waals surface area contributed by atoms with Crippen LogP contribution in [0.25, 0.3) is 10.9 Å². The van der Waals surface area contributed by atoms with Gasteiger partial charge in [-0.05, 0) is 83.6 Å². The van der Waals surface area contributed by atoms with E-state index in [9.17, 15) is 24.5 Å². The number of carbonyl (C=O) groups excluding carboxylic acids is 2. The summed E-state index contributed by atoms with van der Waals surface area (Å²) >= 11 is 12.1. The Hall–Kier alpha value is -5.80. The molecule has 1 aromatic heterocycles. The molecule has 256 valence electrons. The molecular weight excluding hydrogens is 701 g/mol. The van der Waals surface area contributed by atoms with Crippen molar-refractivity contribution in [3.05, 3.63) is 175 Å². The third kappa shape index (κ3) is 6.44. The predicted octanol–water partition coefficient (Wildman–Crippen LogP) is 9.47. The fraction of sp³-hybridized carbons (Fsp3) is 0.143. The first-order valence-corrected chi connectivity index (χ1v) is 17.3. The zero-order chi connectivity index (χ0) is 36.5. The van der Waals surface area contributed by atoms with Crippen molar-refractivity contribution in [3.63, 3.8) is 0 Å². The first kappa shape index (κ1) is 34.6. The van der Waals surface area contributed by atoms with Crippen LogP contribution < -0.4 is 0 Å². The Morgan fingerprint density at radius 2 is 1.54 bits per heavy atom. The minimum Gasteiger partial charge on any atom is -0.343 e. The number of hydrogen-bond donors (Lipinski definition) is 0. The summed E-state index contributed by atoms with van der Waals surface area (Å²) in [7, 11) is 0. The third-order valence-corrected chi connectivity index (χ3v) is 10.2. The summed E-state index contributed by atoms with van der Waals surface area (Å²) in [5.41, 5.74) is 4.21. The Bertz CT molecular complexity index is 2500. The van der Waals surface area contributed by atoms with Gasteiger partial charge in [0.1, 0.15) is 0 Å². The number of nitrogens with zero attached hydrogens (tertiary/aromatic N) is 4. The van der Waals surface area contributed by atoms with E-state index >= 15 is 4.39 Å². The molecule has 0 aliphatic carbocycles. The highest BCUT2D eigenvalue weighted by Gasteiger charge is 2.32. The van der Waals surface area contributed by atoms with Gasteiger partial charge in [-0.3, -0.25) is 9.59 Å². The largest absolute Gasteiger partial charge is 0.343 e. The minimum absolute atomic E-state index is 0.0677. The van der Waals surface area contributed by atoms with Crippen LogP contribution >= 0.6 is 23.2 Å². The van der Waals surface area contributed by atoms with Gasteiger partial charge in [0.15, 0.2) is 17.4 Å². The van der Waals surface area contributed by atoms with Crippen molar-refractivity contribution < 1.29 is 18.4 Å². The van der Waals surface area contributed by atoms with Crippen molar-refractivity contribution in [2.24, 2.45) is 0 Å². The smallest absolute Gasteiger partial charge is 0.256 e. The molecule has 1 saturated heterocycles. The average Bonchev–Trinajstić information content (AvgIpc) is 3.79. The van der Waals surface area contributed by atoms with Crippen LogP contribution in [0, 0.1) is 34.3 Å². The van der Waals surface area contributed by atoms with E-state index in [4.69, 9.17) is 23.2 Å². The maximum absolute atomic E-state index is 15.4. The average molecular weight is 730 g/mol. The van der Waals surface area contributed by atoms with Crippen LogP contribution in [0.4, 0.5) is 8.78 Å². The Morgan fingerprint density at radius 3 is 2.29 bits per heavy atom. The number of fused-ring (bicyclic) bond motifs is 1. The molecule has 0 radical (unpaired) electrons. The molecule has 6 aromatic rings. The first-order chi connectivity index (χ1) is 25.2. The molecule has 7 rings (SSSR count). The van der Waals surface area contributed by atoms with Crippen LogP contribution in [0.2, 0.25) is 10.0 Å². The van der Waals surface area contributed by atoms with Gasteiger partial charge in [-0.15, -0.1) is 0 Å². The van der Waals surface area contributed by atoms with Crippen molar-refractivity contribution in [2.75, 3.05) is 13.1 Å². The minimum atomic E-state index is -0.872. The molecule has 0 saturated carbocycles. The SMILES string of the molecule is N#Cc1cccc(Cc2ccc(C#N)c(C(=O)c3cccc(Cl)c3F)c2Cn2cc(C3CCN(C(=O)c4cccc(Cl)c4F)C3)c3ccccc32)c1. The maximum atomic E-state index is 15.4. The quantitative estimate of drug-likeness (QED) is 0.146. The summed E-state index contributed by atoms with van der Waals surface area (Å²) in [5, 5.41) is 20.4. The van der Waals surface area contributed by atoms with E-state index in [2.05, 4.69) is 12.1 Å². The van der Waals surface area contributed by atoms with E-state index in [1.807, 2.05) is 41.1 Å². The van der Waals surface area contributed by atoms with Gasteiger partial charge in [0.2, 0.25) is 0 Å². The molecule has 0 spiro atoms. The fourth-order valence-corrected chi connectivity index (χ4v) is 7.46. The molecule has 1 atom stereocenters. The molecule has 6 nitrogen and oxygen atoms in total. The van der Waals surface area contributed by atoms with E-state index in [0.29, 0.717) is 37.1 Å². The summed E-state index contributed by atoms with van der Waals surface area (Å²) in [6.45, 7) is 0.936. The van der Waals surface area contributed by atoms with Crippen LogP contribution in [0.5, 0.6) is 0 Å². The van der Waals surface area contributed by atoms with Gasteiger partial charge in [-0.1, -0.05) is 71.7 Å². The molecule has 0 N–H and O–H groups in total. The summed E-state index contributed by atoms with van der Waals surface area (Å²) in [6.07, 6.45) is 2.97. The molecule has 5 aromatic carbocycles. The first-order valence-electron chi connectivity index (χ1n) is 16.5. The molecule has 0 bridgehead atoms. The van der Waals surface area contributed by atoms with Crippen molar-refractivity contribution in [1.29, 1.82) is 10.5 Å². The van der Waals surface area contributed by atoms with E-state index in [1.54, 1.807) is 41.3 Å². The summed E-state index contributed by atoms with van der Waals surface area (Å²) in [4.78, 5) is 29.3. The number of hydrogen-bond acceptors (Lipinski definition) is 4. The predicted molar refractivity (Wildman–Crippen MR) is 196 cm³/mol. The number of para-hydroxylation sites is 1. The van der Waals surface area contributed by atoms with Crippen LogP contribution in [0.3, 0.4) is 0 Å². The van der Waals surface area contributed by atoms with Gasteiger partial charge in [0.25, 0.3) is 5.91 Å². The second-order valence-electron chi connectivity index (χ2n) is 12.7. The van der Waals surface area contributed by atoms with E-state index in [0.717, 1.165) is 27.6 Å². The number of carbonyl (C=O) groups is 2. The lowest BCUT2D eigenvalue weighted by molar-refractivity contribution is 0.0786. The lowest BCUT2D eigenvalue weighted by atomic mass is 9.88. The highest BCUT2D eigenvalue weighted by atomic mass is 35.5. The van der Waals surface area contributed by atoms with Gasteiger partial charge in [-0.25, -0.2) is 8.78 Å². The number of rotatable bonds is 8. The number of aromatic nitrogens is 1. The standard InChI is InChI=1S/C42H28Cl2F2N4O2/c43-35-11-4-9-31(39(35)45)41(51)38-28(21-48)15-14-27(19-25-6-3-7-26(18-25)20-47)34(38)24-50-23-33(30-8-1-2-13-37(30)50)29-16-17-49(22-29)42(52)32-10-5-12-36(44)40(32)46/h1-15,18,23,29H,16-17,19,22,24H2. The molecule has 1 fully saturated rings. The molecule has 1 unspecified atom stereocenters. The molecule has 52 heavy (non-hydrogen) atoms. The molecular formula is C42H28Cl2F2N4O2. The number of ketones is 1. The molecule has 1 aliphatic rings. The lowest BCUT2D eigenvalue weighted by Crippen LogP contribution is -2.29. The van der Waals surface area contributed by atoms with E-state index in [1.165, 1.54) is 30.3 Å². The van der Waals surface area contributed by atoms with Crippen molar-refractivity contribution in [3.8, 4) is 12.1 Å². The Morgan fingerprint density at radius 1 is 0.827 bits per heavy atom. The fourth-order valence-electron chi connectivity index (χ4n) is 7.11. The van der Waals surface area contributed by atoms with Crippen molar-refractivity contribution in [1.82, 2.24) is 9.47 Å². The number of halogens is 4. The third-order valence-electron chi connectivity index (χ3n) is 9.65. The van der Waals surface area contributed by atoms with Crippen molar-refractivity contribution in [2.45, 2.75) is 25.3 Å². The van der Waals surface area contributed by atoms with Gasteiger partial charge in [-0.2, -0.15) is 10.5 Å². The summed E-state index contributed by atoms with van der Waals surface area (Å²) in [6, 6.07) is 31.2. The topological polar surface area (TPSA) is 89.9 Å². The Balaban J connectivity index is 1.32. The van der Waals surface area contributed by atoms with Gasteiger partial charge in [0, 0.05) is 48.2 Å². The highest BCUT2D eigenvalue weighted by Crippen LogP contribution is 2.36. The zero-order valence-electron chi connectivity index (χ0n) is 27.5. The molecule has 1 amide bonds. The second-order valence-corrected chi connectivity index (χ2v) is 13.5. The Kier molecular flexibility index (Phi) is 9.62. The number of nitriles is 2. The zero-order valence-corrected chi connectivity index (χ0v) is 29.1. The monoisotopic (exact) mass is 728 g/mol. The number of benzene rings is 5. The van der Waals surface area contributed by atoms with Crippen LogP contribution in [0.1, 0.15) is 72.0 Å². The molecule has 1 aliphatic heterocycles. The van der Waals surface area contributed by atoms with Crippen molar-refractivity contribution >= 4 is 45.8 Å². The van der Waals surface area contributed by atoms with E-state index in [-0.39, 0.29) is 44.8 Å².